The van der Waals surface area contributed by atoms with Gasteiger partial charge in [-0.15, -0.1) is 0 Å². The summed E-state index contributed by atoms with van der Waals surface area (Å²) in [6.45, 7) is 6.18. The first-order valence-electron chi connectivity index (χ1n) is 8.05. The molecule has 1 aromatic heterocycles. The number of ether oxygens (including phenoxy) is 1. The molecule has 0 aliphatic rings. The van der Waals surface area contributed by atoms with E-state index in [0.29, 0.717) is 6.54 Å². The number of nitrogens with zero attached hydrogens (tertiary/aromatic N) is 2. The van der Waals surface area contributed by atoms with Crippen LogP contribution in [0.3, 0.4) is 0 Å². The van der Waals surface area contributed by atoms with Gasteiger partial charge in [0, 0.05) is 11.6 Å². The summed E-state index contributed by atoms with van der Waals surface area (Å²) in [6, 6.07) is 17.1. The maximum absolute atomic E-state index is 12.2. The minimum Gasteiger partial charge on any atom is -0.497 e. The molecule has 0 bridgehead atoms. The molecule has 4 nitrogen and oxygen atoms in total. The molecule has 4 heteroatoms. The molecular formula is C21H20N2O2. The first kappa shape index (κ1) is 16.7. The number of benzene rings is 2. The molecule has 0 unspecified atom stereocenters. The van der Waals surface area contributed by atoms with Crippen LogP contribution in [0.15, 0.2) is 66.0 Å². The molecule has 25 heavy (non-hydrogen) atoms. The maximum Gasteiger partial charge on any atom is 0.267 e. The monoisotopic (exact) mass is 332 g/mol. The van der Waals surface area contributed by atoms with E-state index >= 15 is 0 Å². The molecule has 2 aromatic carbocycles. The summed E-state index contributed by atoms with van der Waals surface area (Å²) < 4.78 is 6.73. The summed E-state index contributed by atoms with van der Waals surface area (Å²) in [5.41, 5.74) is 4.74. The topological polar surface area (TPSA) is 44.1 Å². The van der Waals surface area contributed by atoms with E-state index in [4.69, 9.17) is 4.74 Å². The van der Waals surface area contributed by atoms with Crippen molar-refractivity contribution in [3.63, 3.8) is 0 Å². The van der Waals surface area contributed by atoms with Gasteiger partial charge < -0.3 is 4.74 Å². The fourth-order valence-electron chi connectivity index (χ4n) is 2.69. The number of rotatable bonds is 5. The Morgan fingerprint density at radius 2 is 1.88 bits per heavy atom. The quantitative estimate of drug-likeness (QED) is 0.711. The smallest absolute Gasteiger partial charge is 0.267 e. The van der Waals surface area contributed by atoms with Crippen LogP contribution in [-0.2, 0) is 6.54 Å². The van der Waals surface area contributed by atoms with E-state index in [-0.39, 0.29) is 5.56 Å². The van der Waals surface area contributed by atoms with Gasteiger partial charge in [-0.1, -0.05) is 36.9 Å². The third-order valence-corrected chi connectivity index (χ3v) is 4.12. The van der Waals surface area contributed by atoms with Gasteiger partial charge in [0.1, 0.15) is 5.75 Å². The predicted octanol–water partition coefficient (Wildman–Crippen LogP) is 3.92. The van der Waals surface area contributed by atoms with Crippen molar-refractivity contribution in [1.29, 1.82) is 0 Å². The second-order valence-corrected chi connectivity index (χ2v) is 5.84. The minimum absolute atomic E-state index is 0.122. The third kappa shape index (κ3) is 3.69. The van der Waals surface area contributed by atoms with Gasteiger partial charge in [0.2, 0.25) is 0 Å². The SMILES string of the molecule is C=Cc1ccc(Cn2nc(-c3ccc(OC)cc3C)ccc2=O)cc1. The molecule has 0 aliphatic heterocycles. The second kappa shape index (κ2) is 7.18. The van der Waals surface area contributed by atoms with Crippen molar-refractivity contribution < 1.29 is 4.74 Å². The van der Waals surface area contributed by atoms with Crippen LogP contribution in [0.4, 0.5) is 0 Å². The summed E-state index contributed by atoms with van der Waals surface area (Å²) in [5, 5.41) is 4.54. The highest BCUT2D eigenvalue weighted by atomic mass is 16.5. The molecule has 0 fully saturated rings. The van der Waals surface area contributed by atoms with Crippen molar-refractivity contribution >= 4 is 6.08 Å². The van der Waals surface area contributed by atoms with Gasteiger partial charge >= 0.3 is 0 Å². The molecule has 0 N–H and O–H groups in total. The lowest BCUT2D eigenvalue weighted by atomic mass is 10.1. The van der Waals surface area contributed by atoms with E-state index < -0.39 is 0 Å². The molecule has 3 aromatic rings. The minimum atomic E-state index is -0.122. The molecule has 126 valence electrons. The van der Waals surface area contributed by atoms with Crippen molar-refractivity contribution in [2.75, 3.05) is 7.11 Å². The molecule has 0 saturated carbocycles. The van der Waals surface area contributed by atoms with Crippen LogP contribution in [-0.4, -0.2) is 16.9 Å². The lowest BCUT2D eigenvalue weighted by Crippen LogP contribution is -2.22. The largest absolute Gasteiger partial charge is 0.497 e. The van der Waals surface area contributed by atoms with Gasteiger partial charge in [0.05, 0.1) is 19.3 Å². The molecule has 0 radical (unpaired) electrons. The number of hydrogen-bond donors (Lipinski definition) is 0. The summed E-state index contributed by atoms with van der Waals surface area (Å²) >= 11 is 0. The van der Waals surface area contributed by atoms with Crippen LogP contribution in [0.1, 0.15) is 16.7 Å². The zero-order valence-corrected chi connectivity index (χ0v) is 14.4. The lowest BCUT2D eigenvalue weighted by molar-refractivity contribution is 0.414. The zero-order chi connectivity index (χ0) is 17.8. The molecule has 0 aliphatic carbocycles. The average molecular weight is 332 g/mol. The van der Waals surface area contributed by atoms with E-state index in [9.17, 15) is 4.79 Å². The van der Waals surface area contributed by atoms with Crippen molar-refractivity contribution in [2.45, 2.75) is 13.5 Å². The number of aryl methyl sites for hydroxylation is 1. The number of methoxy groups -OCH3 is 1. The Morgan fingerprint density at radius 1 is 1.12 bits per heavy atom. The second-order valence-electron chi connectivity index (χ2n) is 5.84. The van der Waals surface area contributed by atoms with Crippen LogP contribution < -0.4 is 10.3 Å². The fourth-order valence-corrected chi connectivity index (χ4v) is 2.69. The van der Waals surface area contributed by atoms with Gasteiger partial charge in [0.25, 0.3) is 5.56 Å². The number of hydrogen-bond acceptors (Lipinski definition) is 3. The lowest BCUT2D eigenvalue weighted by Gasteiger charge is -2.10. The Morgan fingerprint density at radius 3 is 2.52 bits per heavy atom. The van der Waals surface area contributed by atoms with Crippen LogP contribution in [0.25, 0.3) is 17.3 Å². The first-order chi connectivity index (χ1) is 12.1. The molecule has 3 rings (SSSR count). The summed E-state index contributed by atoms with van der Waals surface area (Å²) in [4.78, 5) is 12.2. The summed E-state index contributed by atoms with van der Waals surface area (Å²) in [7, 11) is 1.64. The molecule has 1 heterocycles. The highest BCUT2D eigenvalue weighted by Crippen LogP contribution is 2.24. The highest BCUT2D eigenvalue weighted by Gasteiger charge is 2.08. The Labute approximate surface area is 147 Å². The van der Waals surface area contributed by atoms with E-state index in [1.807, 2.05) is 49.4 Å². The van der Waals surface area contributed by atoms with Crippen molar-refractivity contribution in [2.24, 2.45) is 0 Å². The fraction of sp³-hybridized carbons (Fsp3) is 0.143. The Hall–Kier alpha value is -3.14. The Bertz CT molecular complexity index is 956. The van der Waals surface area contributed by atoms with Crippen LogP contribution >= 0.6 is 0 Å². The molecule has 0 saturated heterocycles. The molecular weight excluding hydrogens is 312 g/mol. The normalized spacial score (nSPS) is 10.5. The van der Waals surface area contributed by atoms with Crippen molar-refractivity contribution in [3.8, 4) is 17.0 Å². The van der Waals surface area contributed by atoms with Gasteiger partial charge in [0.15, 0.2) is 0 Å². The number of aromatic nitrogens is 2. The van der Waals surface area contributed by atoms with Crippen LogP contribution in [0.2, 0.25) is 0 Å². The van der Waals surface area contributed by atoms with Crippen LogP contribution in [0.5, 0.6) is 5.75 Å². The molecule has 0 amide bonds. The summed E-state index contributed by atoms with van der Waals surface area (Å²) in [6.07, 6.45) is 1.79. The first-order valence-corrected chi connectivity index (χ1v) is 8.05. The average Bonchev–Trinajstić information content (AvgIpc) is 2.64. The Kier molecular flexibility index (Phi) is 4.80. The van der Waals surface area contributed by atoms with Crippen molar-refractivity contribution in [1.82, 2.24) is 9.78 Å². The van der Waals surface area contributed by atoms with E-state index in [1.54, 1.807) is 25.3 Å². The van der Waals surface area contributed by atoms with E-state index in [0.717, 1.165) is 33.7 Å². The zero-order valence-electron chi connectivity index (χ0n) is 14.4. The van der Waals surface area contributed by atoms with Crippen molar-refractivity contribution in [3.05, 3.63) is 88.2 Å². The highest BCUT2D eigenvalue weighted by molar-refractivity contribution is 5.64. The molecule has 0 atom stereocenters. The van der Waals surface area contributed by atoms with Gasteiger partial charge in [-0.05, 0) is 47.9 Å². The molecule has 0 spiro atoms. The van der Waals surface area contributed by atoms with E-state index in [1.165, 1.54) is 4.68 Å². The Balaban J connectivity index is 1.95. The van der Waals surface area contributed by atoms with Gasteiger partial charge in [-0.3, -0.25) is 4.79 Å². The summed E-state index contributed by atoms with van der Waals surface area (Å²) in [5.74, 6) is 0.803. The van der Waals surface area contributed by atoms with Gasteiger partial charge in [-0.25, -0.2) is 4.68 Å². The standard InChI is InChI=1S/C21H20N2O2/c1-4-16-5-7-17(8-6-16)14-23-21(24)12-11-20(22-23)19-10-9-18(25-3)13-15(19)2/h4-13H,1,14H2,2-3H3. The van der Waals surface area contributed by atoms with E-state index in [2.05, 4.69) is 11.7 Å². The van der Waals surface area contributed by atoms with Gasteiger partial charge in [-0.2, -0.15) is 5.10 Å². The third-order valence-electron chi connectivity index (χ3n) is 4.12. The predicted molar refractivity (Wildman–Crippen MR) is 101 cm³/mol. The van der Waals surface area contributed by atoms with Crippen LogP contribution in [0, 0.1) is 6.92 Å². The maximum atomic E-state index is 12.2.